The summed E-state index contributed by atoms with van der Waals surface area (Å²) in [6.45, 7) is 0. The number of halogens is 6. The van der Waals surface area contributed by atoms with Crippen LogP contribution in [-0.4, -0.2) is 24.7 Å². The minimum absolute atomic E-state index is 0.000671. The summed E-state index contributed by atoms with van der Waals surface area (Å²) in [5.74, 6) is -2.38. The van der Waals surface area contributed by atoms with Gasteiger partial charge in [0.25, 0.3) is 0 Å². The summed E-state index contributed by atoms with van der Waals surface area (Å²) in [6.07, 6.45) is -10.4. The zero-order valence-electron chi connectivity index (χ0n) is 9.09. The van der Waals surface area contributed by atoms with Gasteiger partial charge in [0.2, 0.25) is 5.88 Å². The highest BCUT2D eigenvalue weighted by atomic mass is 19.4. The van der Waals surface area contributed by atoms with E-state index in [0.29, 0.717) is 0 Å². The van der Waals surface area contributed by atoms with Crippen LogP contribution in [0.2, 0.25) is 0 Å². The van der Waals surface area contributed by atoms with Crippen molar-refractivity contribution in [3.8, 4) is 11.6 Å². The molecule has 0 N–H and O–H groups in total. The van der Waals surface area contributed by atoms with Crippen LogP contribution in [0.5, 0.6) is 11.6 Å². The quantitative estimate of drug-likeness (QED) is 0.634. The highest BCUT2D eigenvalue weighted by molar-refractivity contribution is 5.78. The summed E-state index contributed by atoms with van der Waals surface area (Å²) in [5.41, 5.74) is -2.54. The van der Waals surface area contributed by atoms with Crippen LogP contribution < -0.4 is 9.47 Å². The average molecular weight is 289 g/mol. The van der Waals surface area contributed by atoms with Gasteiger partial charge in [0, 0.05) is 6.07 Å². The van der Waals surface area contributed by atoms with Crippen molar-refractivity contribution in [2.75, 3.05) is 7.11 Å². The molecule has 1 heterocycles. The second-order valence-electron chi connectivity index (χ2n) is 3.09. The summed E-state index contributed by atoms with van der Waals surface area (Å²) in [4.78, 5) is 13.5. The molecule has 0 saturated heterocycles. The second-order valence-corrected chi connectivity index (χ2v) is 3.09. The largest absolute Gasteiger partial charge is 0.574 e. The van der Waals surface area contributed by atoms with Gasteiger partial charge in [0.1, 0.15) is 11.3 Å². The summed E-state index contributed by atoms with van der Waals surface area (Å²) >= 11 is 0. The van der Waals surface area contributed by atoms with E-state index in [0.717, 1.165) is 7.11 Å². The molecule has 0 aromatic carbocycles. The molecule has 0 aliphatic carbocycles. The first-order valence-electron chi connectivity index (χ1n) is 4.45. The number of hydrogen-bond donors (Lipinski definition) is 0. The van der Waals surface area contributed by atoms with Crippen LogP contribution in [0.1, 0.15) is 16.1 Å². The molecule has 1 rings (SSSR count). The van der Waals surface area contributed by atoms with Crippen molar-refractivity contribution < 1.29 is 40.6 Å². The SMILES string of the molecule is COc1c(C(F)(F)F)cc(OC(F)(F)F)nc1C=O. The lowest BCUT2D eigenvalue weighted by Gasteiger charge is -2.15. The van der Waals surface area contributed by atoms with E-state index in [1.54, 1.807) is 0 Å². The summed E-state index contributed by atoms with van der Waals surface area (Å²) < 4.78 is 81.2. The van der Waals surface area contributed by atoms with Crippen LogP contribution >= 0.6 is 0 Å². The van der Waals surface area contributed by atoms with Crippen molar-refractivity contribution in [3.63, 3.8) is 0 Å². The van der Waals surface area contributed by atoms with E-state index in [9.17, 15) is 31.1 Å². The minimum Gasteiger partial charge on any atom is -0.494 e. The molecule has 10 heteroatoms. The average Bonchev–Trinajstić information content (AvgIpc) is 2.24. The number of aldehydes is 1. The van der Waals surface area contributed by atoms with E-state index >= 15 is 0 Å². The third-order valence-corrected chi connectivity index (χ3v) is 1.82. The Morgan fingerprint density at radius 2 is 1.79 bits per heavy atom. The van der Waals surface area contributed by atoms with Crippen molar-refractivity contribution in [1.29, 1.82) is 0 Å². The number of aromatic nitrogens is 1. The molecule has 1 aromatic heterocycles. The van der Waals surface area contributed by atoms with E-state index < -0.39 is 35.4 Å². The third-order valence-electron chi connectivity index (χ3n) is 1.82. The van der Waals surface area contributed by atoms with Crippen molar-refractivity contribution in [2.24, 2.45) is 0 Å². The first kappa shape index (κ1) is 15.1. The van der Waals surface area contributed by atoms with Crippen LogP contribution in [0.25, 0.3) is 0 Å². The number of carbonyl (C=O) groups excluding carboxylic acids is 1. The highest BCUT2D eigenvalue weighted by Gasteiger charge is 2.39. The minimum atomic E-state index is -5.23. The zero-order valence-corrected chi connectivity index (χ0v) is 9.09. The van der Waals surface area contributed by atoms with Gasteiger partial charge >= 0.3 is 12.5 Å². The monoisotopic (exact) mass is 289 g/mol. The maximum absolute atomic E-state index is 12.6. The lowest BCUT2D eigenvalue weighted by atomic mass is 10.2. The molecule has 0 spiro atoms. The van der Waals surface area contributed by atoms with E-state index in [1.807, 2.05) is 0 Å². The van der Waals surface area contributed by atoms with Crippen LogP contribution in [-0.2, 0) is 6.18 Å². The van der Waals surface area contributed by atoms with Crippen LogP contribution in [0.4, 0.5) is 26.3 Å². The van der Waals surface area contributed by atoms with Gasteiger partial charge in [-0.3, -0.25) is 4.79 Å². The predicted molar refractivity (Wildman–Crippen MR) is 47.9 cm³/mol. The fourth-order valence-electron chi connectivity index (χ4n) is 1.20. The standard InChI is InChI=1S/C9H5F6NO3/c1-18-7-4(8(10,11)12)2-6(16-5(7)3-17)19-9(13,14)15/h2-3H,1H3. The molecule has 0 fully saturated rings. The predicted octanol–water partition coefficient (Wildman–Crippen LogP) is 2.82. The molecule has 0 aliphatic rings. The molecule has 4 nitrogen and oxygen atoms in total. The van der Waals surface area contributed by atoms with Crippen molar-refractivity contribution in [3.05, 3.63) is 17.3 Å². The topological polar surface area (TPSA) is 48.4 Å². The lowest BCUT2D eigenvalue weighted by molar-refractivity contribution is -0.276. The van der Waals surface area contributed by atoms with E-state index in [4.69, 9.17) is 0 Å². The Kier molecular flexibility index (Phi) is 3.91. The molecule has 1 aromatic rings. The summed E-state index contributed by atoms with van der Waals surface area (Å²) in [5, 5.41) is 0. The molecule has 106 valence electrons. The van der Waals surface area contributed by atoms with Gasteiger partial charge in [-0.2, -0.15) is 13.2 Å². The van der Waals surface area contributed by atoms with Crippen molar-refractivity contribution in [2.45, 2.75) is 12.5 Å². The summed E-state index contributed by atoms with van der Waals surface area (Å²) in [6, 6.07) is -0.000671. The Labute approximate surface area is 101 Å². The van der Waals surface area contributed by atoms with Crippen LogP contribution in [0.15, 0.2) is 6.07 Å². The molecular weight excluding hydrogens is 284 g/mol. The normalized spacial score (nSPS) is 12.2. The number of hydrogen-bond acceptors (Lipinski definition) is 4. The number of pyridine rings is 1. The molecule has 0 unspecified atom stereocenters. The number of carbonyl (C=O) groups is 1. The summed E-state index contributed by atoms with van der Waals surface area (Å²) in [7, 11) is 0.823. The molecule has 0 bridgehead atoms. The van der Waals surface area contributed by atoms with Crippen molar-refractivity contribution >= 4 is 6.29 Å². The van der Waals surface area contributed by atoms with Gasteiger partial charge in [-0.25, -0.2) is 4.98 Å². The Morgan fingerprint density at radius 3 is 2.16 bits per heavy atom. The Hall–Kier alpha value is -2.00. The van der Waals surface area contributed by atoms with Gasteiger partial charge in [-0.15, -0.1) is 13.2 Å². The molecule has 0 radical (unpaired) electrons. The third kappa shape index (κ3) is 3.73. The van der Waals surface area contributed by atoms with Gasteiger partial charge in [0.15, 0.2) is 12.0 Å². The number of ether oxygens (including phenoxy) is 2. The Balaban J connectivity index is 3.43. The first-order valence-corrected chi connectivity index (χ1v) is 4.45. The number of nitrogens with zero attached hydrogens (tertiary/aromatic N) is 1. The smallest absolute Gasteiger partial charge is 0.494 e. The Bertz CT molecular complexity index is 482. The van der Waals surface area contributed by atoms with E-state index in [1.165, 1.54) is 0 Å². The maximum Gasteiger partial charge on any atom is 0.574 e. The van der Waals surface area contributed by atoms with E-state index in [-0.39, 0.29) is 12.4 Å². The second kappa shape index (κ2) is 4.94. The number of alkyl halides is 6. The van der Waals surface area contributed by atoms with Crippen molar-refractivity contribution in [1.82, 2.24) is 4.98 Å². The molecule has 0 amide bonds. The van der Waals surface area contributed by atoms with Gasteiger partial charge in [-0.1, -0.05) is 0 Å². The molecular formula is C9H5F6NO3. The fraction of sp³-hybridized carbons (Fsp3) is 0.333. The molecule has 0 atom stereocenters. The molecule has 0 saturated carbocycles. The number of rotatable bonds is 3. The van der Waals surface area contributed by atoms with Gasteiger partial charge in [-0.05, 0) is 0 Å². The zero-order chi connectivity index (χ0) is 14.8. The van der Waals surface area contributed by atoms with Gasteiger partial charge in [0.05, 0.1) is 7.11 Å². The molecule has 19 heavy (non-hydrogen) atoms. The van der Waals surface area contributed by atoms with Crippen LogP contribution in [0.3, 0.4) is 0 Å². The lowest BCUT2D eigenvalue weighted by Crippen LogP contribution is -2.19. The molecule has 0 aliphatic heterocycles. The Morgan fingerprint density at radius 1 is 1.21 bits per heavy atom. The fourth-order valence-corrected chi connectivity index (χ4v) is 1.20. The number of methoxy groups -OCH3 is 1. The van der Waals surface area contributed by atoms with E-state index in [2.05, 4.69) is 14.5 Å². The van der Waals surface area contributed by atoms with Crippen LogP contribution in [0, 0.1) is 0 Å². The first-order chi connectivity index (χ1) is 8.58. The van der Waals surface area contributed by atoms with Gasteiger partial charge < -0.3 is 9.47 Å². The highest BCUT2D eigenvalue weighted by Crippen LogP contribution is 2.39. The maximum atomic E-state index is 12.6.